The van der Waals surface area contributed by atoms with E-state index in [-0.39, 0.29) is 6.61 Å². The van der Waals surface area contributed by atoms with Crippen LogP contribution in [0.15, 0.2) is 24.3 Å². The summed E-state index contributed by atoms with van der Waals surface area (Å²) in [5, 5.41) is 16.9. The molecule has 0 unspecified atom stereocenters. The van der Waals surface area contributed by atoms with Crippen LogP contribution in [0.2, 0.25) is 0 Å². The van der Waals surface area contributed by atoms with Crippen LogP contribution in [0, 0.1) is 0 Å². The van der Waals surface area contributed by atoms with E-state index in [2.05, 4.69) is 4.65 Å². The Labute approximate surface area is 105 Å². The maximum absolute atomic E-state index is 8.45. The monoisotopic (exact) mass is 260 g/mol. The van der Waals surface area contributed by atoms with E-state index in [9.17, 15) is 0 Å². The average molecular weight is 260 g/mol. The Kier molecular flexibility index (Phi) is 6.32. The van der Waals surface area contributed by atoms with Crippen molar-refractivity contribution in [2.75, 3.05) is 13.7 Å². The summed E-state index contributed by atoms with van der Waals surface area (Å²) in [6.07, 6.45) is 0. The number of hydrogen-bond acceptors (Lipinski definition) is 5. The van der Waals surface area contributed by atoms with Crippen molar-refractivity contribution in [2.24, 2.45) is 0 Å². The zero-order chi connectivity index (χ0) is 12.7. The van der Waals surface area contributed by atoms with Crippen molar-refractivity contribution in [3.05, 3.63) is 29.8 Å². The van der Waals surface area contributed by atoms with Gasteiger partial charge >= 0.3 is 7.32 Å². The van der Waals surface area contributed by atoms with Gasteiger partial charge in [-0.05, 0) is 17.7 Å². The number of methoxy groups -OCH3 is 1. The van der Waals surface area contributed by atoms with E-state index in [0.717, 1.165) is 11.3 Å². The van der Waals surface area contributed by atoms with E-state index in [1.165, 1.54) is 0 Å². The van der Waals surface area contributed by atoms with Crippen LogP contribution >= 0.6 is 11.6 Å². The third-order valence-electron chi connectivity index (χ3n) is 1.97. The molecule has 0 bridgehead atoms. The summed E-state index contributed by atoms with van der Waals surface area (Å²) < 4.78 is 14.7. The van der Waals surface area contributed by atoms with Gasteiger partial charge in [-0.3, -0.25) is 0 Å². The van der Waals surface area contributed by atoms with Gasteiger partial charge in [-0.15, -0.1) is 0 Å². The zero-order valence-electron chi connectivity index (χ0n) is 9.38. The van der Waals surface area contributed by atoms with Crippen molar-refractivity contribution < 1.29 is 24.2 Å². The first-order valence-corrected chi connectivity index (χ1v) is 5.42. The molecule has 0 amide bonds. The molecule has 1 aromatic rings. The number of ether oxygens (including phenoxy) is 2. The van der Waals surface area contributed by atoms with Crippen molar-refractivity contribution in [3.8, 4) is 5.75 Å². The standard InChI is InChI=1S/C10H14BClO5/c1-15-9-4-2-8(3-5-9)6-16-10(12)7-17-11(13)14/h2-5,10,13-14H,6-7H2,1H3/t10-/m0/s1. The van der Waals surface area contributed by atoms with Crippen LogP contribution in [-0.2, 0) is 16.0 Å². The molecule has 7 heteroatoms. The van der Waals surface area contributed by atoms with Gasteiger partial charge in [0, 0.05) is 0 Å². The highest BCUT2D eigenvalue weighted by atomic mass is 35.5. The summed E-state index contributed by atoms with van der Waals surface area (Å²) in [6.45, 7) is 0.207. The van der Waals surface area contributed by atoms with Crippen molar-refractivity contribution in [2.45, 2.75) is 12.2 Å². The minimum absolute atomic E-state index is 0.102. The molecule has 0 saturated heterocycles. The largest absolute Gasteiger partial charge is 0.634 e. The number of rotatable bonds is 7. The van der Waals surface area contributed by atoms with Gasteiger partial charge in [0.05, 0.1) is 20.3 Å². The lowest BCUT2D eigenvalue weighted by atomic mass is 10.2. The lowest BCUT2D eigenvalue weighted by Crippen LogP contribution is -2.23. The quantitative estimate of drug-likeness (QED) is 0.560. The van der Waals surface area contributed by atoms with Gasteiger partial charge in [0.1, 0.15) is 5.75 Å². The first-order valence-electron chi connectivity index (χ1n) is 4.98. The molecule has 2 N–H and O–H groups in total. The van der Waals surface area contributed by atoms with Crippen molar-refractivity contribution >= 4 is 18.9 Å². The van der Waals surface area contributed by atoms with E-state index in [1.807, 2.05) is 24.3 Å². The van der Waals surface area contributed by atoms with Gasteiger partial charge in [-0.2, -0.15) is 0 Å². The molecule has 1 aromatic carbocycles. The number of halogens is 1. The predicted octanol–water partition coefficient (Wildman–Crippen LogP) is 0.763. The van der Waals surface area contributed by atoms with Crippen LogP contribution in [0.1, 0.15) is 5.56 Å². The number of alkyl halides is 1. The Morgan fingerprint density at radius 3 is 2.47 bits per heavy atom. The van der Waals surface area contributed by atoms with Gasteiger partial charge < -0.3 is 24.2 Å². The Balaban J connectivity index is 2.29. The smallest absolute Gasteiger partial charge is 0.497 e. The first-order chi connectivity index (χ1) is 8.11. The van der Waals surface area contributed by atoms with Gasteiger partial charge in [0.15, 0.2) is 5.56 Å². The molecule has 0 radical (unpaired) electrons. The van der Waals surface area contributed by atoms with E-state index >= 15 is 0 Å². The summed E-state index contributed by atoms with van der Waals surface area (Å²) >= 11 is 5.74. The number of benzene rings is 1. The van der Waals surface area contributed by atoms with E-state index in [4.69, 9.17) is 31.1 Å². The molecule has 0 aliphatic carbocycles. The summed E-state index contributed by atoms with van der Waals surface area (Å²) in [5.74, 6) is 0.767. The number of hydrogen-bond donors (Lipinski definition) is 2. The third kappa shape index (κ3) is 5.90. The molecular formula is C10H14BClO5. The van der Waals surface area contributed by atoms with E-state index < -0.39 is 12.9 Å². The summed E-state index contributed by atoms with van der Waals surface area (Å²) in [7, 11) is -0.237. The Bertz CT molecular complexity index is 319. The predicted molar refractivity (Wildman–Crippen MR) is 63.6 cm³/mol. The van der Waals surface area contributed by atoms with Gasteiger partial charge in [-0.25, -0.2) is 0 Å². The van der Waals surface area contributed by atoms with E-state index in [0.29, 0.717) is 6.61 Å². The normalized spacial score (nSPS) is 12.2. The third-order valence-corrected chi connectivity index (χ3v) is 2.22. The van der Waals surface area contributed by atoms with Gasteiger partial charge in [0.25, 0.3) is 0 Å². The minimum atomic E-state index is -1.83. The molecule has 0 aliphatic heterocycles. The van der Waals surface area contributed by atoms with Crippen molar-refractivity contribution in [3.63, 3.8) is 0 Å². The minimum Gasteiger partial charge on any atom is -0.497 e. The fraction of sp³-hybridized carbons (Fsp3) is 0.400. The second kappa shape index (κ2) is 7.52. The SMILES string of the molecule is COc1ccc(CO[C@H](Cl)COB(O)O)cc1. The van der Waals surface area contributed by atoms with E-state index in [1.54, 1.807) is 7.11 Å². The summed E-state index contributed by atoms with van der Waals surface area (Å²) in [5.41, 5.74) is 0.194. The topological polar surface area (TPSA) is 68.2 Å². The zero-order valence-corrected chi connectivity index (χ0v) is 10.1. The molecule has 0 aromatic heterocycles. The molecule has 5 nitrogen and oxygen atoms in total. The molecule has 0 aliphatic rings. The Morgan fingerprint density at radius 1 is 1.29 bits per heavy atom. The lowest BCUT2D eigenvalue weighted by molar-refractivity contribution is 0.0447. The highest BCUT2D eigenvalue weighted by molar-refractivity contribution is 6.32. The molecule has 0 fully saturated rings. The molecule has 0 heterocycles. The molecule has 94 valence electrons. The molecule has 17 heavy (non-hydrogen) atoms. The molecular weight excluding hydrogens is 246 g/mol. The Morgan fingerprint density at radius 2 is 1.94 bits per heavy atom. The van der Waals surface area contributed by atoms with Crippen LogP contribution in [0.5, 0.6) is 5.75 Å². The van der Waals surface area contributed by atoms with Crippen LogP contribution < -0.4 is 4.74 Å². The molecule has 0 spiro atoms. The lowest BCUT2D eigenvalue weighted by Gasteiger charge is -2.11. The van der Waals surface area contributed by atoms with Gasteiger partial charge in [0.2, 0.25) is 0 Å². The second-order valence-corrected chi connectivity index (χ2v) is 3.72. The van der Waals surface area contributed by atoms with Crippen LogP contribution in [0.4, 0.5) is 0 Å². The summed E-state index contributed by atoms with van der Waals surface area (Å²) in [4.78, 5) is 0. The Hall–Kier alpha value is -0.785. The summed E-state index contributed by atoms with van der Waals surface area (Å²) in [6, 6.07) is 7.33. The first kappa shape index (κ1) is 14.3. The van der Waals surface area contributed by atoms with Crippen LogP contribution in [0.25, 0.3) is 0 Å². The highest BCUT2D eigenvalue weighted by Crippen LogP contribution is 2.13. The van der Waals surface area contributed by atoms with Crippen molar-refractivity contribution in [1.29, 1.82) is 0 Å². The van der Waals surface area contributed by atoms with Gasteiger partial charge in [-0.1, -0.05) is 23.7 Å². The molecule has 1 rings (SSSR count). The highest BCUT2D eigenvalue weighted by Gasteiger charge is 2.12. The average Bonchev–Trinajstić information content (AvgIpc) is 2.34. The van der Waals surface area contributed by atoms with Crippen molar-refractivity contribution in [1.82, 2.24) is 0 Å². The fourth-order valence-corrected chi connectivity index (χ4v) is 1.25. The molecule has 0 saturated carbocycles. The maximum atomic E-state index is 8.45. The van der Waals surface area contributed by atoms with Crippen LogP contribution in [0.3, 0.4) is 0 Å². The van der Waals surface area contributed by atoms with Crippen LogP contribution in [-0.4, -0.2) is 36.6 Å². The molecule has 1 atom stereocenters. The second-order valence-electron chi connectivity index (χ2n) is 3.23. The fourth-order valence-electron chi connectivity index (χ4n) is 1.12. The maximum Gasteiger partial charge on any atom is 0.634 e.